The van der Waals surface area contributed by atoms with Gasteiger partial charge in [-0.3, -0.25) is 0 Å². The SMILES string of the molecule is Fc1ccc2cc(Cl)sc2c1Br. The molecule has 0 aliphatic heterocycles. The van der Waals surface area contributed by atoms with E-state index in [9.17, 15) is 4.39 Å². The average molecular weight is 266 g/mol. The first-order valence-electron chi connectivity index (χ1n) is 3.21. The lowest BCUT2D eigenvalue weighted by Crippen LogP contribution is -1.74. The van der Waals surface area contributed by atoms with E-state index < -0.39 is 0 Å². The number of thiophene rings is 1. The molecule has 0 unspecified atom stereocenters. The van der Waals surface area contributed by atoms with Gasteiger partial charge in [0.2, 0.25) is 0 Å². The zero-order valence-electron chi connectivity index (χ0n) is 5.77. The number of rotatable bonds is 0. The maximum absolute atomic E-state index is 13.0. The van der Waals surface area contributed by atoms with Crippen LogP contribution in [-0.2, 0) is 0 Å². The Kier molecular flexibility index (Phi) is 2.10. The zero-order valence-corrected chi connectivity index (χ0v) is 8.93. The molecule has 0 amide bonds. The zero-order chi connectivity index (χ0) is 8.72. The normalized spacial score (nSPS) is 10.9. The van der Waals surface area contributed by atoms with Crippen LogP contribution in [0.3, 0.4) is 0 Å². The molecule has 2 aromatic rings. The molecule has 0 N–H and O–H groups in total. The quantitative estimate of drug-likeness (QED) is 0.660. The Balaban J connectivity index is 2.89. The molecule has 0 atom stereocenters. The highest BCUT2D eigenvalue weighted by molar-refractivity contribution is 9.10. The van der Waals surface area contributed by atoms with Crippen LogP contribution in [0.1, 0.15) is 0 Å². The summed E-state index contributed by atoms with van der Waals surface area (Å²) >= 11 is 10.3. The fraction of sp³-hybridized carbons (Fsp3) is 0. The molecule has 0 aliphatic carbocycles. The van der Waals surface area contributed by atoms with Gasteiger partial charge in [-0.05, 0) is 33.4 Å². The highest BCUT2D eigenvalue weighted by Crippen LogP contribution is 2.35. The van der Waals surface area contributed by atoms with Gasteiger partial charge in [-0.25, -0.2) is 4.39 Å². The molecule has 0 radical (unpaired) electrons. The lowest BCUT2D eigenvalue weighted by molar-refractivity contribution is 0.624. The lowest BCUT2D eigenvalue weighted by atomic mass is 10.3. The number of benzene rings is 1. The molecule has 1 heterocycles. The smallest absolute Gasteiger partial charge is 0.138 e. The van der Waals surface area contributed by atoms with Gasteiger partial charge in [-0.15, -0.1) is 11.3 Å². The van der Waals surface area contributed by atoms with Gasteiger partial charge >= 0.3 is 0 Å². The molecule has 0 fully saturated rings. The van der Waals surface area contributed by atoms with Gasteiger partial charge in [0.1, 0.15) is 5.82 Å². The number of hydrogen-bond donors (Lipinski definition) is 0. The van der Waals surface area contributed by atoms with Crippen LogP contribution in [0, 0.1) is 5.82 Å². The first kappa shape index (κ1) is 8.48. The van der Waals surface area contributed by atoms with Crippen LogP contribution in [0.25, 0.3) is 10.1 Å². The minimum Gasteiger partial charge on any atom is -0.206 e. The predicted molar refractivity (Wildman–Crippen MR) is 54.5 cm³/mol. The van der Waals surface area contributed by atoms with Gasteiger partial charge in [-0.1, -0.05) is 17.7 Å². The molecule has 12 heavy (non-hydrogen) atoms. The molecule has 0 saturated heterocycles. The number of halogens is 3. The first-order chi connectivity index (χ1) is 5.68. The van der Waals surface area contributed by atoms with Gasteiger partial charge in [0.05, 0.1) is 13.5 Å². The highest BCUT2D eigenvalue weighted by Gasteiger charge is 2.07. The standard InChI is InChI=1S/C8H3BrClFS/c9-7-5(11)2-1-4-3-6(10)12-8(4)7/h1-3H. The van der Waals surface area contributed by atoms with Crippen molar-refractivity contribution in [1.82, 2.24) is 0 Å². The fourth-order valence-corrected chi connectivity index (χ4v) is 2.78. The summed E-state index contributed by atoms with van der Waals surface area (Å²) in [5.74, 6) is -0.249. The second-order valence-corrected chi connectivity index (χ2v) is 4.81. The third-order valence-corrected chi connectivity index (χ3v) is 3.88. The minimum atomic E-state index is -0.249. The molecule has 0 saturated carbocycles. The van der Waals surface area contributed by atoms with Crippen LogP contribution >= 0.6 is 38.9 Å². The summed E-state index contributed by atoms with van der Waals surface area (Å²) in [5.41, 5.74) is 0. The molecule has 0 spiro atoms. The molecule has 2 rings (SSSR count). The van der Waals surface area contributed by atoms with Crippen molar-refractivity contribution in [3.05, 3.63) is 32.8 Å². The number of fused-ring (bicyclic) bond motifs is 1. The molecule has 0 aliphatic rings. The monoisotopic (exact) mass is 264 g/mol. The van der Waals surface area contributed by atoms with Gasteiger partial charge < -0.3 is 0 Å². The van der Waals surface area contributed by atoms with Crippen molar-refractivity contribution < 1.29 is 4.39 Å². The van der Waals surface area contributed by atoms with E-state index in [0.29, 0.717) is 8.81 Å². The summed E-state index contributed by atoms with van der Waals surface area (Å²) in [4.78, 5) is 0. The molecular weight excluding hydrogens is 263 g/mol. The average Bonchev–Trinajstić information content (AvgIpc) is 2.39. The van der Waals surface area contributed by atoms with Crippen molar-refractivity contribution in [1.29, 1.82) is 0 Å². The summed E-state index contributed by atoms with van der Waals surface area (Å²) in [5, 5.41) is 0.971. The van der Waals surface area contributed by atoms with Crippen LogP contribution in [0.5, 0.6) is 0 Å². The van der Waals surface area contributed by atoms with Crippen LogP contribution < -0.4 is 0 Å². The van der Waals surface area contributed by atoms with E-state index in [0.717, 1.165) is 10.1 Å². The van der Waals surface area contributed by atoms with Gasteiger partial charge in [0.25, 0.3) is 0 Å². The molecule has 62 valence electrons. The van der Waals surface area contributed by atoms with Crippen molar-refractivity contribution in [3.63, 3.8) is 0 Å². The predicted octanol–water partition coefficient (Wildman–Crippen LogP) is 4.46. The Morgan fingerprint density at radius 3 is 2.92 bits per heavy atom. The van der Waals surface area contributed by atoms with E-state index >= 15 is 0 Å². The maximum Gasteiger partial charge on any atom is 0.138 e. The summed E-state index contributed by atoms with van der Waals surface area (Å²) in [7, 11) is 0. The van der Waals surface area contributed by atoms with Crippen LogP contribution in [0.4, 0.5) is 4.39 Å². The second kappa shape index (κ2) is 2.98. The Labute approximate surface area is 86.1 Å². The third kappa shape index (κ3) is 1.26. The largest absolute Gasteiger partial charge is 0.206 e. The van der Waals surface area contributed by atoms with Gasteiger partial charge in [-0.2, -0.15) is 0 Å². The van der Waals surface area contributed by atoms with E-state index in [4.69, 9.17) is 11.6 Å². The van der Waals surface area contributed by atoms with E-state index in [1.54, 1.807) is 6.07 Å². The molecule has 0 bridgehead atoms. The Morgan fingerprint density at radius 1 is 1.42 bits per heavy atom. The Hall–Kier alpha value is -0.120. The maximum atomic E-state index is 13.0. The van der Waals surface area contributed by atoms with Crippen LogP contribution in [-0.4, -0.2) is 0 Å². The molecular formula is C8H3BrClFS. The number of hydrogen-bond acceptors (Lipinski definition) is 1. The minimum absolute atomic E-state index is 0.249. The molecule has 1 aromatic carbocycles. The topological polar surface area (TPSA) is 0 Å². The Bertz CT molecular complexity index is 438. The third-order valence-electron chi connectivity index (χ3n) is 1.55. The van der Waals surface area contributed by atoms with Crippen LogP contribution in [0.15, 0.2) is 22.7 Å². The molecule has 4 heteroatoms. The van der Waals surface area contributed by atoms with Crippen molar-refractivity contribution in [2.75, 3.05) is 0 Å². The Morgan fingerprint density at radius 2 is 2.17 bits per heavy atom. The highest BCUT2D eigenvalue weighted by atomic mass is 79.9. The lowest BCUT2D eigenvalue weighted by Gasteiger charge is -1.93. The summed E-state index contributed by atoms with van der Waals surface area (Å²) in [6.45, 7) is 0. The van der Waals surface area contributed by atoms with Crippen molar-refractivity contribution >= 4 is 49.0 Å². The summed E-state index contributed by atoms with van der Waals surface area (Å²) in [6.07, 6.45) is 0. The van der Waals surface area contributed by atoms with E-state index in [1.165, 1.54) is 17.4 Å². The summed E-state index contributed by atoms with van der Waals surface area (Å²) in [6, 6.07) is 4.97. The summed E-state index contributed by atoms with van der Waals surface area (Å²) < 4.78 is 15.0. The van der Waals surface area contributed by atoms with Gasteiger partial charge in [0.15, 0.2) is 0 Å². The molecule has 1 aromatic heterocycles. The van der Waals surface area contributed by atoms with Crippen molar-refractivity contribution in [2.45, 2.75) is 0 Å². The van der Waals surface area contributed by atoms with Crippen molar-refractivity contribution in [3.8, 4) is 0 Å². The van der Waals surface area contributed by atoms with E-state index in [-0.39, 0.29) is 5.82 Å². The van der Waals surface area contributed by atoms with E-state index in [2.05, 4.69) is 15.9 Å². The molecule has 0 nitrogen and oxygen atoms in total. The van der Waals surface area contributed by atoms with E-state index in [1.807, 2.05) is 6.07 Å². The van der Waals surface area contributed by atoms with Crippen LogP contribution in [0.2, 0.25) is 4.34 Å². The van der Waals surface area contributed by atoms with Crippen molar-refractivity contribution in [2.24, 2.45) is 0 Å². The van der Waals surface area contributed by atoms with Gasteiger partial charge in [0, 0.05) is 0 Å². The fourth-order valence-electron chi connectivity index (χ4n) is 1.01. The second-order valence-electron chi connectivity index (χ2n) is 2.33. The first-order valence-corrected chi connectivity index (χ1v) is 5.20.